The van der Waals surface area contributed by atoms with Gasteiger partial charge in [0.05, 0.1) is 0 Å². The maximum absolute atomic E-state index is 2.42. The minimum absolute atomic E-state index is 0.994. The van der Waals surface area contributed by atoms with Crippen LogP contribution in [0, 0.1) is 17.8 Å². The number of hydrogen-bond donors (Lipinski definition) is 0. The molecule has 2 atom stereocenters. The summed E-state index contributed by atoms with van der Waals surface area (Å²) in [5, 5.41) is 0. The zero-order valence-corrected chi connectivity index (χ0v) is 7.56. The van der Waals surface area contributed by atoms with Crippen LogP contribution in [0.2, 0.25) is 0 Å². The molecule has 60 valence electrons. The van der Waals surface area contributed by atoms with E-state index in [1.807, 2.05) is 0 Å². The molecule has 1 aliphatic carbocycles. The van der Waals surface area contributed by atoms with Crippen molar-refractivity contribution < 1.29 is 0 Å². The molecule has 1 fully saturated rings. The van der Waals surface area contributed by atoms with Gasteiger partial charge in [0.1, 0.15) is 0 Å². The van der Waals surface area contributed by atoms with E-state index in [9.17, 15) is 0 Å². The molecular formula is C10H20. The van der Waals surface area contributed by atoms with Crippen molar-refractivity contribution in [2.75, 3.05) is 0 Å². The third kappa shape index (κ3) is 1.53. The standard InChI is InChI=1S/C10H20/c1-4-10-8(2)6-5-7-9(10)3/h8-10H,4-7H2,1-3H3/t8-,9-/m1/s1. The van der Waals surface area contributed by atoms with E-state index < -0.39 is 0 Å². The molecule has 0 aromatic rings. The van der Waals surface area contributed by atoms with Gasteiger partial charge >= 0.3 is 0 Å². The molecule has 0 aromatic carbocycles. The van der Waals surface area contributed by atoms with Crippen LogP contribution >= 0.6 is 0 Å². The summed E-state index contributed by atoms with van der Waals surface area (Å²) in [4.78, 5) is 0. The maximum atomic E-state index is 2.42. The van der Waals surface area contributed by atoms with Gasteiger partial charge in [-0.05, 0) is 17.8 Å². The first-order valence-electron chi connectivity index (χ1n) is 4.75. The molecule has 0 heteroatoms. The fourth-order valence-electron chi connectivity index (χ4n) is 2.56. The lowest BCUT2D eigenvalue weighted by Crippen LogP contribution is -2.23. The van der Waals surface area contributed by atoms with Crippen molar-refractivity contribution in [3.8, 4) is 0 Å². The highest BCUT2D eigenvalue weighted by Gasteiger charge is 2.25. The predicted molar refractivity (Wildman–Crippen MR) is 46.0 cm³/mol. The SMILES string of the molecule is CCC1[C@H](C)CCC[C@H]1C. The van der Waals surface area contributed by atoms with Gasteiger partial charge in [-0.2, -0.15) is 0 Å². The summed E-state index contributed by atoms with van der Waals surface area (Å²) in [5.74, 6) is 3.01. The highest BCUT2D eigenvalue weighted by Crippen LogP contribution is 2.35. The Labute approximate surface area is 65.0 Å². The first kappa shape index (κ1) is 8.10. The molecule has 0 aromatic heterocycles. The Kier molecular flexibility index (Phi) is 2.76. The number of hydrogen-bond acceptors (Lipinski definition) is 0. The van der Waals surface area contributed by atoms with Crippen molar-refractivity contribution >= 4 is 0 Å². The summed E-state index contributed by atoms with van der Waals surface area (Å²) in [6.45, 7) is 7.18. The Morgan fingerprint density at radius 3 is 1.90 bits per heavy atom. The molecule has 0 heterocycles. The summed E-state index contributed by atoms with van der Waals surface area (Å²) in [6, 6.07) is 0. The van der Waals surface area contributed by atoms with Crippen molar-refractivity contribution in [1.82, 2.24) is 0 Å². The molecule has 0 bridgehead atoms. The van der Waals surface area contributed by atoms with Crippen molar-refractivity contribution in [3.05, 3.63) is 0 Å². The van der Waals surface area contributed by atoms with Crippen molar-refractivity contribution in [1.29, 1.82) is 0 Å². The Hall–Kier alpha value is 0. The molecule has 1 aliphatic rings. The van der Waals surface area contributed by atoms with Gasteiger partial charge in [0.2, 0.25) is 0 Å². The van der Waals surface area contributed by atoms with Gasteiger partial charge in [-0.25, -0.2) is 0 Å². The Balaban J connectivity index is 2.45. The first-order valence-corrected chi connectivity index (χ1v) is 4.75. The van der Waals surface area contributed by atoms with Crippen LogP contribution in [0.1, 0.15) is 46.5 Å². The second-order valence-corrected chi connectivity index (χ2v) is 3.96. The van der Waals surface area contributed by atoms with Gasteiger partial charge in [0.15, 0.2) is 0 Å². The van der Waals surface area contributed by atoms with E-state index in [2.05, 4.69) is 20.8 Å². The summed E-state index contributed by atoms with van der Waals surface area (Å²) in [7, 11) is 0. The van der Waals surface area contributed by atoms with Crippen LogP contribution in [0.4, 0.5) is 0 Å². The molecule has 0 nitrogen and oxygen atoms in total. The second-order valence-electron chi connectivity index (χ2n) is 3.96. The smallest absolute Gasteiger partial charge is 0.0365 e. The van der Waals surface area contributed by atoms with Gasteiger partial charge in [-0.15, -0.1) is 0 Å². The maximum Gasteiger partial charge on any atom is -0.0365 e. The van der Waals surface area contributed by atoms with E-state index in [1.165, 1.54) is 25.7 Å². The van der Waals surface area contributed by atoms with Crippen molar-refractivity contribution in [3.63, 3.8) is 0 Å². The summed E-state index contributed by atoms with van der Waals surface area (Å²) < 4.78 is 0. The van der Waals surface area contributed by atoms with Crippen LogP contribution in [0.25, 0.3) is 0 Å². The second kappa shape index (κ2) is 3.41. The molecule has 0 aliphatic heterocycles. The lowest BCUT2D eigenvalue weighted by Gasteiger charge is -2.33. The van der Waals surface area contributed by atoms with E-state index >= 15 is 0 Å². The highest BCUT2D eigenvalue weighted by molar-refractivity contribution is 4.76. The summed E-state index contributed by atoms with van der Waals surface area (Å²) in [5.41, 5.74) is 0. The Morgan fingerprint density at radius 1 is 1.10 bits per heavy atom. The average Bonchev–Trinajstić information content (AvgIpc) is 1.88. The largest absolute Gasteiger partial charge is 0.0651 e. The van der Waals surface area contributed by atoms with Gasteiger partial charge in [0, 0.05) is 0 Å². The van der Waals surface area contributed by atoms with Gasteiger partial charge in [-0.3, -0.25) is 0 Å². The summed E-state index contributed by atoms with van der Waals surface area (Å²) >= 11 is 0. The van der Waals surface area contributed by atoms with E-state index in [-0.39, 0.29) is 0 Å². The third-order valence-electron chi connectivity index (χ3n) is 3.25. The third-order valence-corrected chi connectivity index (χ3v) is 3.25. The van der Waals surface area contributed by atoms with Gasteiger partial charge < -0.3 is 0 Å². The van der Waals surface area contributed by atoms with Crippen LogP contribution in [-0.4, -0.2) is 0 Å². The molecule has 1 rings (SSSR count). The molecule has 10 heavy (non-hydrogen) atoms. The van der Waals surface area contributed by atoms with Crippen LogP contribution in [0.15, 0.2) is 0 Å². The topological polar surface area (TPSA) is 0 Å². The quantitative estimate of drug-likeness (QED) is 0.523. The summed E-state index contributed by atoms with van der Waals surface area (Å²) in [6.07, 6.45) is 5.81. The monoisotopic (exact) mass is 140 g/mol. The van der Waals surface area contributed by atoms with Crippen LogP contribution in [0.5, 0.6) is 0 Å². The zero-order chi connectivity index (χ0) is 7.56. The van der Waals surface area contributed by atoms with Crippen molar-refractivity contribution in [2.45, 2.75) is 46.5 Å². The normalized spacial score (nSPS) is 36.3. The Morgan fingerprint density at radius 2 is 1.60 bits per heavy atom. The predicted octanol–water partition coefficient (Wildman–Crippen LogP) is 3.47. The fourth-order valence-corrected chi connectivity index (χ4v) is 2.56. The first-order chi connectivity index (χ1) is 4.75. The van der Waals surface area contributed by atoms with E-state index in [4.69, 9.17) is 0 Å². The zero-order valence-electron chi connectivity index (χ0n) is 7.56. The molecule has 0 amide bonds. The molecule has 1 saturated carbocycles. The fraction of sp³-hybridized carbons (Fsp3) is 1.00. The minimum atomic E-state index is 0.994. The van der Waals surface area contributed by atoms with E-state index in [0.717, 1.165) is 17.8 Å². The van der Waals surface area contributed by atoms with E-state index in [1.54, 1.807) is 0 Å². The molecule has 0 N–H and O–H groups in total. The van der Waals surface area contributed by atoms with Crippen LogP contribution in [-0.2, 0) is 0 Å². The van der Waals surface area contributed by atoms with Gasteiger partial charge in [-0.1, -0.05) is 46.5 Å². The minimum Gasteiger partial charge on any atom is -0.0651 e. The lowest BCUT2D eigenvalue weighted by atomic mass is 9.72. The van der Waals surface area contributed by atoms with E-state index in [0.29, 0.717) is 0 Å². The molecule has 0 radical (unpaired) electrons. The average molecular weight is 140 g/mol. The Bertz CT molecular complexity index is 86.2. The van der Waals surface area contributed by atoms with Crippen LogP contribution in [0.3, 0.4) is 0 Å². The number of rotatable bonds is 1. The molecule has 0 spiro atoms. The van der Waals surface area contributed by atoms with Gasteiger partial charge in [0.25, 0.3) is 0 Å². The van der Waals surface area contributed by atoms with Crippen LogP contribution < -0.4 is 0 Å². The molecular weight excluding hydrogens is 120 g/mol. The molecule has 0 saturated heterocycles. The molecule has 0 unspecified atom stereocenters. The van der Waals surface area contributed by atoms with Crippen molar-refractivity contribution in [2.24, 2.45) is 17.8 Å². The highest BCUT2D eigenvalue weighted by atomic mass is 14.3. The lowest BCUT2D eigenvalue weighted by molar-refractivity contribution is 0.174.